The smallest absolute Gasteiger partial charge is 0.268 e. The third-order valence-electron chi connectivity index (χ3n) is 1.40. The predicted molar refractivity (Wildman–Crippen MR) is 44.3 cm³/mol. The molecular weight excluding hydrogens is 245 g/mol. The molecule has 0 aromatic rings. The molecule has 0 aromatic heterocycles. The zero-order valence-electron chi connectivity index (χ0n) is 8.27. The molecule has 0 saturated carbocycles. The summed E-state index contributed by atoms with van der Waals surface area (Å²) in [7, 11) is -4.71. The Bertz CT molecular complexity index is 271. The monoisotopic (exact) mass is 258 g/mol. The van der Waals surface area contributed by atoms with Crippen molar-refractivity contribution in [3.8, 4) is 0 Å². The number of carbonyl (C=O) groups excluding carboxylic acids is 1. The van der Waals surface area contributed by atoms with Gasteiger partial charge in [-0.15, -0.1) is 0 Å². The summed E-state index contributed by atoms with van der Waals surface area (Å²) in [5.41, 5.74) is 3.06. The molecule has 0 aromatic carbocycles. The van der Waals surface area contributed by atoms with Crippen molar-refractivity contribution >= 4 is 13.8 Å². The SMILES string of the molecule is [NH3+][C@@H](COP(=O)([O-])OC[C@H](O)CO)C(=O)[O-]. The van der Waals surface area contributed by atoms with Crippen LogP contribution in [0.2, 0.25) is 0 Å². The highest BCUT2D eigenvalue weighted by Crippen LogP contribution is 2.38. The number of carboxylic acids is 1. The highest BCUT2D eigenvalue weighted by Gasteiger charge is 2.16. The minimum atomic E-state index is -4.71. The van der Waals surface area contributed by atoms with Gasteiger partial charge in [-0.05, 0) is 0 Å². The van der Waals surface area contributed by atoms with Gasteiger partial charge in [0, 0.05) is 0 Å². The fourth-order valence-electron chi connectivity index (χ4n) is 0.517. The average Bonchev–Trinajstić information content (AvgIpc) is 2.22. The number of phosphoric ester groups is 1. The summed E-state index contributed by atoms with van der Waals surface area (Å²) in [6.07, 6.45) is -1.36. The van der Waals surface area contributed by atoms with Crippen LogP contribution in [0, 0.1) is 0 Å². The van der Waals surface area contributed by atoms with Gasteiger partial charge < -0.3 is 39.8 Å². The van der Waals surface area contributed by atoms with E-state index in [0.29, 0.717) is 0 Å². The summed E-state index contributed by atoms with van der Waals surface area (Å²) in [6, 6.07) is -1.35. The van der Waals surface area contributed by atoms with E-state index in [9.17, 15) is 19.4 Å². The molecule has 1 unspecified atom stereocenters. The lowest BCUT2D eigenvalue weighted by Crippen LogP contribution is -2.70. The average molecular weight is 258 g/mol. The van der Waals surface area contributed by atoms with Crippen LogP contribution < -0.4 is 15.7 Å². The van der Waals surface area contributed by atoms with Gasteiger partial charge >= 0.3 is 0 Å². The Morgan fingerprint density at radius 2 is 1.94 bits per heavy atom. The minimum Gasteiger partial charge on any atom is -0.756 e. The van der Waals surface area contributed by atoms with Crippen LogP contribution in [0.25, 0.3) is 0 Å². The molecule has 5 N–H and O–H groups in total. The van der Waals surface area contributed by atoms with Crippen molar-refractivity contribution < 1.29 is 44.4 Å². The van der Waals surface area contributed by atoms with Crippen LogP contribution in [0.15, 0.2) is 0 Å². The number of quaternary nitrogens is 1. The van der Waals surface area contributed by atoms with E-state index in [0.717, 1.165) is 0 Å². The summed E-state index contributed by atoms with van der Waals surface area (Å²) in [6.45, 7) is -2.07. The first-order valence-corrected chi connectivity index (χ1v) is 5.67. The molecular formula is C6H13NO8P-. The van der Waals surface area contributed by atoms with Crippen molar-refractivity contribution in [1.82, 2.24) is 0 Å². The van der Waals surface area contributed by atoms with Crippen molar-refractivity contribution in [2.75, 3.05) is 19.8 Å². The maximum absolute atomic E-state index is 10.9. The van der Waals surface area contributed by atoms with Gasteiger partial charge in [0.25, 0.3) is 7.82 Å². The second-order valence-corrected chi connectivity index (χ2v) is 4.30. The van der Waals surface area contributed by atoms with Crippen LogP contribution in [0.3, 0.4) is 0 Å². The Labute approximate surface area is 91.0 Å². The summed E-state index contributed by atoms with van der Waals surface area (Å²) in [5.74, 6) is -1.56. The molecule has 0 aliphatic carbocycles. The number of rotatable bonds is 8. The number of phosphoric acid groups is 1. The Kier molecular flexibility index (Phi) is 6.68. The minimum absolute atomic E-state index is 0.670. The molecule has 0 bridgehead atoms. The highest BCUT2D eigenvalue weighted by molar-refractivity contribution is 7.45. The number of carboxylic acid groups (broad SMARTS) is 1. The Balaban J connectivity index is 3.96. The lowest BCUT2D eigenvalue weighted by Gasteiger charge is -2.24. The predicted octanol–water partition coefficient (Wildman–Crippen LogP) is -4.80. The van der Waals surface area contributed by atoms with E-state index in [-0.39, 0.29) is 0 Å². The Morgan fingerprint density at radius 1 is 1.44 bits per heavy atom. The van der Waals surface area contributed by atoms with E-state index in [2.05, 4.69) is 14.8 Å². The maximum Gasteiger partial charge on any atom is 0.268 e. The Morgan fingerprint density at radius 3 is 2.38 bits per heavy atom. The molecule has 0 fully saturated rings. The maximum atomic E-state index is 10.9. The van der Waals surface area contributed by atoms with Crippen molar-refractivity contribution in [2.45, 2.75) is 12.1 Å². The first-order valence-electron chi connectivity index (χ1n) is 4.21. The first kappa shape index (κ1) is 15.5. The molecule has 9 nitrogen and oxygen atoms in total. The van der Waals surface area contributed by atoms with Crippen LogP contribution >= 0.6 is 7.82 Å². The molecule has 16 heavy (non-hydrogen) atoms. The van der Waals surface area contributed by atoms with Crippen molar-refractivity contribution in [2.24, 2.45) is 0 Å². The number of hydrogen-bond acceptors (Lipinski definition) is 8. The van der Waals surface area contributed by atoms with Crippen LogP contribution in [0.4, 0.5) is 0 Å². The van der Waals surface area contributed by atoms with E-state index in [1.165, 1.54) is 0 Å². The van der Waals surface area contributed by atoms with Crippen molar-refractivity contribution in [1.29, 1.82) is 0 Å². The van der Waals surface area contributed by atoms with E-state index < -0.39 is 45.8 Å². The second kappa shape index (κ2) is 6.92. The molecule has 3 atom stereocenters. The number of aliphatic carboxylic acids is 1. The highest BCUT2D eigenvalue weighted by atomic mass is 31.2. The van der Waals surface area contributed by atoms with Crippen LogP contribution in [-0.2, 0) is 18.4 Å². The quantitative estimate of drug-likeness (QED) is 0.364. The molecule has 0 aliphatic heterocycles. The van der Waals surface area contributed by atoms with Crippen molar-refractivity contribution in [3.05, 3.63) is 0 Å². The van der Waals surface area contributed by atoms with Crippen LogP contribution in [-0.4, -0.2) is 48.1 Å². The van der Waals surface area contributed by atoms with Gasteiger partial charge in [0.2, 0.25) is 0 Å². The van der Waals surface area contributed by atoms with Gasteiger partial charge in [-0.1, -0.05) is 0 Å². The van der Waals surface area contributed by atoms with Crippen molar-refractivity contribution in [3.63, 3.8) is 0 Å². The van der Waals surface area contributed by atoms with Gasteiger partial charge in [0.05, 0.1) is 13.2 Å². The van der Waals surface area contributed by atoms with E-state index in [1.54, 1.807) is 0 Å². The molecule has 0 amide bonds. The van der Waals surface area contributed by atoms with Crippen LogP contribution in [0.5, 0.6) is 0 Å². The van der Waals surface area contributed by atoms with E-state index in [4.69, 9.17) is 10.2 Å². The first-order chi connectivity index (χ1) is 7.28. The van der Waals surface area contributed by atoms with Crippen LogP contribution in [0.1, 0.15) is 0 Å². The number of aliphatic hydroxyl groups is 2. The molecule has 10 heteroatoms. The number of hydrogen-bond donors (Lipinski definition) is 3. The topological polar surface area (TPSA) is 167 Å². The van der Waals surface area contributed by atoms with E-state index >= 15 is 0 Å². The standard InChI is InChI=1S/C6H14NO8P/c7-5(6(10)11)3-15-16(12,13)14-2-4(9)1-8/h4-5,8-9H,1-3,7H2,(H,10,11)(H,12,13)/p-1/t4-,5+/m1/s1. The van der Waals surface area contributed by atoms with E-state index in [1.807, 2.05) is 0 Å². The molecule has 0 heterocycles. The van der Waals surface area contributed by atoms with Gasteiger partial charge in [-0.25, -0.2) is 0 Å². The largest absolute Gasteiger partial charge is 0.756 e. The molecule has 0 spiro atoms. The number of aliphatic hydroxyl groups excluding tert-OH is 2. The number of carbonyl (C=O) groups is 1. The third kappa shape index (κ3) is 6.85. The van der Waals surface area contributed by atoms with Gasteiger partial charge in [-0.3, -0.25) is 4.57 Å². The zero-order valence-corrected chi connectivity index (χ0v) is 9.17. The molecule has 0 radical (unpaired) electrons. The molecule has 0 aliphatic rings. The molecule has 0 saturated heterocycles. The van der Waals surface area contributed by atoms with Gasteiger partial charge in [-0.2, -0.15) is 0 Å². The second-order valence-electron chi connectivity index (χ2n) is 2.89. The fourth-order valence-corrected chi connectivity index (χ4v) is 1.31. The Hall–Kier alpha value is -0.540. The lowest BCUT2D eigenvalue weighted by molar-refractivity contribution is -0.441. The summed E-state index contributed by atoms with van der Waals surface area (Å²) in [4.78, 5) is 21.1. The lowest BCUT2D eigenvalue weighted by atomic mass is 10.3. The fraction of sp³-hybridized carbons (Fsp3) is 0.833. The third-order valence-corrected chi connectivity index (χ3v) is 2.33. The molecule has 96 valence electrons. The summed E-state index contributed by atoms with van der Waals surface area (Å²) < 4.78 is 19.2. The summed E-state index contributed by atoms with van der Waals surface area (Å²) in [5, 5.41) is 27.3. The normalized spacial score (nSPS) is 18.8. The summed E-state index contributed by atoms with van der Waals surface area (Å²) >= 11 is 0. The zero-order chi connectivity index (χ0) is 12.8. The van der Waals surface area contributed by atoms with Gasteiger partial charge in [0.15, 0.2) is 0 Å². The van der Waals surface area contributed by atoms with Gasteiger partial charge in [0.1, 0.15) is 24.7 Å². The molecule has 0 rings (SSSR count).